The first-order chi connectivity index (χ1) is 28.3. The minimum absolute atomic E-state index is 1.17. The molecule has 0 fully saturated rings. The molecule has 0 heterocycles. The van der Waals surface area contributed by atoms with Gasteiger partial charge >= 0.3 is 0 Å². The second kappa shape index (κ2) is 17.4. The van der Waals surface area contributed by atoms with Crippen LogP contribution in [0.25, 0.3) is 58.4 Å². The van der Waals surface area contributed by atoms with Gasteiger partial charge in [-0.1, -0.05) is 229 Å². The summed E-state index contributed by atoms with van der Waals surface area (Å²) in [5.74, 6) is 0. The first kappa shape index (κ1) is 37.9. The zero-order valence-corrected chi connectivity index (χ0v) is 33.8. The van der Waals surface area contributed by atoms with Gasteiger partial charge in [0.05, 0.1) is 0 Å². The van der Waals surface area contributed by atoms with E-state index in [1.54, 1.807) is 0 Å². The van der Waals surface area contributed by atoms with E-state index < -0.39 is 0 Å². The van der Waals surface area contributed by atoms with Crippen LogP contribution in [0, 0.1) is 27.7 Å². The second-order valence-electron chi connectivity index (χ2n) is 15.4. The van der Waals surface area contributed by atoms with Gasteiger partial charge in [-0.3, -0.25) is 0 Å². The Balaban J connectivity index is 1.01. The Morgan fingerprint density at radius 3 is 0.845 bits per heavy atom. The van der Waals surface area contributed by atoms with Crippen LogP contribution >= 0.6 is 0 Å². The zero-order valence-electron chi connectivity index (χ0n) is 33.8. The monoisotopic (exact) mass is 744 g/mol. The summed E-state index contributed by atoms with van der Waals surface area (Å²) in [6, 6.07) is 66.0. The number of fused-ring (bicyclic) bond motifs is 1. The maximum Gasteiger partial charge on any atom is -0.0105 e. The molecule has 0 unspecified atom stereocenters. The third-order valence-electron chi connectivity index (χ3n) is 10.8. The van der Waals surface area contributed by atoms with Gasteiger partial charge in [0.25, 0.3) is 0 Å². The van der Waals surface area contributed by atoms with Crippen molar-refractivity contribution in [2.24, 2.45) is 0 Å². The molecule has 0 radical (unpaired) electrons. The number of hydrogen-bond donors (Lipinski definition) is 0. The van der Waals surface area contributed by atoms with Crippen molar-refractivity contribution in [2.45, 2.75) is 27.7 Å². The number of aryl methyl sites for hydroxylation is 4. The molecule has 0 nitrogen and oxygen atoms in total. The molecule has 8 rings (SSSR count). The quantitative estimate of drug-likeness (QED) is 0.122. The van der Waals surface area contributed by atoms with E-state index in [2.05, 4.69) is 246 Å². The van der Waals surface area contributed by atoms with E-state index in [1.807, 2.05) is 0 Å². The Kier molecular flexibility index (Phi) is 11.4. The summed E-state index contributed by atoms with van der Waals surface area (Å²) in [4.78, 5) is 0. The van der Waals surface area contributed by atoms with Crippen LogP contribution in [0.3, 0.4) is 0 Å². The predicted octanol–water partition coefficient (Wildman–Crippen LogP) is 15.6. The maximum atomic E-state index is 2.29. The smallest absolute Gasteiger partial charge is 0.0105 e. The molecule has 0 aliphatic carbocycles. The second-order valence-corrected chi connectivity index (χ2v) is 15.4. The Morgan fingerprint density at radius 1 is 0.276 bits per heavy atom. The summed E-state index contributed by atoms with van der Waals surface area (Å²) < 4.78 is 0. The number of rotatable bonds is 10. The van der Waals surface area contributed by atoms with Crippen molar-refractivity contribution < 1.29 is 0 Å². The predicted molar refractivity (Wildman–Crippen MR) is 253 cm³/mol. The van der Waals surface area contributed by atoms with Crippen molar-refractivity contribution >= 4 is 58.4 Å². The molecule has 0 aromatic heterocycles. The Morgan fingerprint density at radius 2 is 0.552 bits per heavy atom. The minimum atomic E-state index is 1.17. The third kappa shape index (κ3) is 9.15. The molecule has 0 spiro atoms. The normalized spacial score (nSPS) is 11.3. The largest absolute Gasteiger partial charge is 0.0616 e. The average molecular weight is 745 g/mol. The number of hydrogen-bond acceptors (Lipinski definition) is 0. The van der Waals surface area contributed by atoms with Crippen LogP contribution in [0.15, 0.2) is 182 Å². The molecular formula is C58H48. The topological polar surface area (TPSA) is 0 Å². The van der Waals surface area contributed by atoms with E-state index in [0.717, 1.165) is 0 Å². The van der Waals surface area contributed by atoms with Crippen LogP contribution in [-0.2, 0) is 0 Å². The van der Waals surface area contributed by atoms with E-state index in [-0.39, 0.29) is 0 Å². The SMILES string of the molecule is Cc1ccc(C(=Cc2ccc(/C=C/c3ccc(/C=C/c4ccc(C=C(c5ccc(C)cc5)c5ccc(C)cc5)cc4)c4ccccc34)cc2)c2ccc(C)cc2)cc1. The Labute approximate surface area is 344 Å². The summed E-state index contributed by atoms with van der Waals surface area (Å²) in [6.45, 7) is 8.53. The van der Waals surface area contributed by atoms with Gasteiger partial charge < -0.3 is 0 Å². The molecule has 0 saturated carbocycles. The lowest BCUT2D eigenvalue weighted by molar-refractivity contribution is 1.43. The highest BCUT2D eigenvalue weighted by molar-refractivity contribution is 5.99. The fourth-order valence-electron chi connectivity index (χ4n) is 7.35. The van der Waals surface area contributed by atoms with Gasteiger partial charge in [0.2, 0.25) is 0 Å². The van der Waals surface area contributed by atoms with Crippen LogP contribution in [0.2, 0.25) is 0 Å². The van der Waals surface area contributed by atoms with E-state index in [1.165, 1.54) is 99.8 Å². The van der Waals surface area contributed by atoms with Crippen LogP contribution in [0.1, 0.15) is 77.9 Å². The standard InChI is InChI=1S/C58H48/c1-41-9-27-51(28-10-41)57(52-29-11-42(2)12-30-52)39-47-21-17-45(18-22-47)25-35-49-37-38-50(56-8-6-5-7-55(49)56)36-26-46-19-23-48(24-20-46)40-58(53-31-13-43(3)14-32-53)54-33-15-44(4)16-34-54/h5-40H,1-4H3/b35-25+,36-26+. The molecule has 0 bridgehead atoms. The van der Waals surface area contributed by atoms with Gasteiger partial charge in [-0.2, -0.15) is 0 Å². The lowest BCUT2D eigenvalue weighted by atomic mass is 9.94. The zero-order chi connectivity index (χ0) is 39.8. The van der Waals surface area contributed by atoms with Crippen LogP contribution in [0.4, 0.5) is 0 Å². The number of benzene rings is 8. The molecule has 0 aliphatic heterocycles. The molecule has 0 aliphatic rings. The van der Waals surface area contributed by atoms with Crippen LogP contribution < -0.4 is 0 Å². The summed E-state index contributed by atoms with van der Waals surface area (Å²) in [5, 5.41) is 2.48. The van der Waals surface area contributed by atoms with Gasteiger partial charge in [-0.05, 0) is 117 Å². The van der Waals surface area contributed by atoms with Gasteiger partial charge in [0.15, 0.2) is 0 Å². The average Bonchev–Trinajstić information content (AvgIpc) is 3.26. The molecule has 8 aromatic rings. The first-order valence-corrected chi connectivity index (χ1v) is 20.1. The van der Waals surface area contributed by atoms with E-state index >= 15 is 0 Å². The van der Waals surface area contributed by atoms with E-state index in [9.17, 15) is 0 Å². The molecule has 0 atom stereocenters. The highest BCUT2D eigenvalue weighted by atomic mass is 14.1. The van der Waals surface area contributed by atoms with Crippen molar-refractivity contribution in [3.63, 3.8) is 0 Å². The lowest BCUT2D eigenvalue weighted by Crippen LogP contribution is -1.89. The first-order valence-electron chi connectivity index (χ1n) is 20.1. The van der Waals surface area contributed by atoms with Gasteiger partial charge in [0.1, 0.15) is 0 Å². The summed E-state index contributed by atoms with van der Waals surface area (Å²) in [7, 11) is 0. The molecule has 0 N–H and O–H groups in total. The molecule has 0 amide bonds. The fourth-order valence-corrected chi connectivity index (χ4v) is 7.35. The van der Waals surface area contributed by atoms with Crippen LogP contribution in [-0.4, -0.2) is 0 Å². The van der Waals surface area contributed by atoms with Crippen molar-refractivity contribution in [2.75, 3.05) is 0 Å². The van der Waals surface area contributed by atoms with Gasteiger partial charge in [-0.15, -0.1) is 0 Å². The summed E-state index contributed by atoms with van der Waals surface area (Å²) in [5.41, 5.74) is 19.5. The van der Waals surface area contributed by atoms with Gasteiger partial charge in [-0.25, -0.2) is 0 Å². The summed E-state index contributed by atoms with van der Waals surface area (Å²) >= 11 is 0. The van der Waals surface area contributed by atoms with Gasteiger partial charge in [0, 0.05) is 0 Å². The molecule has 0 saturated heterocycles. The highest BCUT2D eigenvalue weighted by Crippen LogP contribution is 2.30. The van der Waals surface area contributed by atoms with Crippen LogP contribution in [0.5, 0.6) is 0 Å². The van der Waals surface area contributed by atoms with Crippen molar-refractivity contribution in [1.29, 1.82) is 0 Å². The fraction of sp³-hybridized carbons (Fsp3) is 0.0690. The third-order valence-corrected chi connectivity index (χ3v) is 10.8. The maximum absolute atomic E-state index is 2.29. The van der Waals surface area contributed by atoms with Crippen molar-refractivity contribution in [3.05, 3.63) is 260 Å². The van der Waals surface area contributed by atoms with Crippen molar-refractivity contribution in [3.8, 4) is 0 Å². The van der Waals surface area contributed by atoms with E-state index in [4.69, 9.17) is 0 Å². The van der Waals surface area contributed by atoms with E-state index in [0.29, 0.717) is 0 Å². The van der Waals surface area contributed by atoms with Crippen molar-refractivity contribution in [1.82, 2.24) is 0 Å². The molecule has 0 heteroatoms. The Hall–Kier alpha value is -7.02. The molecule has 58 heavy (non-hydrogen) atoms. The molecule has 8 aromatic carbocycles. The molecular weight excluding hydrogens is 697 g/mol. The minimum Gasteiger partial charge on any atom is -0.0616 e. The highest BCUT2D eigenvalue weighted by Gasteiger charge is 2.08. The lowest BCUT2D eigenvalue weighted by Gasteiger charge is -2.10. The molecule has 280 valence electrons. The summed E-state index contributed by atoms with van der Waals surface area (Å²) in [6.07, 6.45) is 13.5. The Bertz CT molecular complexity index is 2480.